The molecular weight excluding hydrogens is 302 g/mol. The van der Waals surface area contributed by atoms with E-state index in [1.165, 1.54) is 0 Å². The monoisotopic (exact) mass is 327 g/mol. The minimum Gasteiger partial charge on any atom is -0.334 e. The lowest BCUT2D eigenvalue weighted by molar-refractivity contribution is 0.179. The van der Waals surface area contributed by atoms with Gasteiger partial charge in [0.15, 0.2) is 5.03 Å². The number of hydrogen-bond acceptors (Lipinski definition) is 5. The average molecular weight is 327 g/mol. The van der Waals surface area contributed by atoms with Crippen molar-refractivity contribution in [2.24, 2.45) is 0 Å². The number of rotatable bonds is 4. The maximum atomic E-state index is 12.7. The van der Waals surface area contributed by atoms with Crippen LogP contribution in [-0.2, 0) is 10.0 Å². The number of nitrogens with zero attached hydrogens (tertiary/aromatic N) is 4. The summed E-state index contributed by atoms with van der Waals surface area (Å²) >= 11 is 0. The highest BCUT2D eigenvalue weighted by Crippen LogP contribution is 2.23. The summed E-state index contributed by atoms with van der Waals surface area (Å²) in [5.41, 5.74) is 0. The van der Waals surface area contributed by atoms with Gasteiger partial charge < -0.3 is 9.88 Å². The van der Waals surface area contributed by atoms with E-state index < -0.39 is 10.0 Å². The third kappa shape index (κ3) is 3.05. The largest absolute Gasteiger partial charge is 0.334 e. The zero-order valence-corrected chi connectivity index (χ0v) is 14.1. The van der Waals surface area contributed by atoms with E-state index in [4.69, 9.17) is 0 Å². The summed E-state index contributed by atoms with van der Waals surface area (Å²) < 4.78 is 28.9. The predicted octanol–water partition coefficient (Wildman–Crippen LogP) is 0.132. The second kappa shape index (κ2) is 6.27. The molecule has 3 heterocycles. The molecule has 0 aliphatic carbocycles. The van der Waals surface area contributed by atoms with E-state index in [1.807, 2.05) is 18.4 Å². The average Bonchev–Trinajstić information content (AvgIpc) is 3.18. The van der Waals surface area contributed by atoms with Crippen LogP contribution in [0.5, 0.6) is 0 Å². The van der Waals surface area contributed by atoms with Crippen LogP contribution in [-0.4, -0.2) is 72.5 Å². The zero-order chi connectivity index (χ0) is 15.7. The Morgan fingerprint density at radius 3 is 2.64 bits per heavy atom. The highest BCUT2D eigenvalue weighted by Gasteiger charge is 2.36. The molecule has 22 heavy (non-hydrogen) atoms. The Kier molecular flexibility index (Phi) is 4.54. The van der Waals surface area contributed by atoms with Crippen molar-refractivity contribution in [3.8, 4) is 0 Å². The Hall–Kier alpha value is -0.960. The second-order valence-corrected chi connectivity index (χ2v) is 8.23. The minimum absolute atomic E-state index is 0.169. The fourth-order valence-electron chi connectivity index (χ4n) is 3.14. The van der Waals surface area contributed by atoms with Crippen molar-refractivity contribution in [3.63, 3.8) is 0 Å². The van der Waals surface area contributed by atoms with Crippen LogP contribution in [0.3, 0.4) is 0 Å². The first-order valence-electron chi connectivity index (χ1n) is 7.97. The van der Waals surface area contributed by atoms with Gasteiger partial charge in [0.05, 0.1) is 6.33 Å². The van der Waals surface area contributed by atoms with Crippen LogP contribution in [0.4, 0.5) is 0 Å². The van der Waals surface area contributed by atoms with Gasteiger partial charge in [0, 0.05) is 57.5 Å². The van der Waals surface area contributed by atoms with E-state index in [1.54, 1.807) is 16.8 Å². The number of piperazine rings is 1. The highest BCUT2D eigenvalue weighted by molar-refractivity contribution is 7.89. The van der Waals surface area contributed by atoms with Crippen molar-refractivity contribution in [2.75, 3.05) is 39.3 Å². The first-order chi connectivity index (χ1) is 10.5. The summed E-state index contributed by atoms with van der Waals surface area (Å²) in [4.78, 5) is 6.50. The Morgan fingerprint density at radius 1 is 1.27 bits per heavy atom. The lowest BCUT2D eigenvalue weighted by atomic mass is 10.2. The van der Waals surface area contributed by atoms with Gasteiger partial charge in [-0.05, 0) is 20.3 Å². The third-order valence-electron chi connectivity index (χ3n) is 4.57. The third-order valence-corrected chi connectivity index (χ3v) is 6.32. The van der Waals surface area contributed by atoms with Gasteiger partial charge in [-0.3, -0.25) is 4.90 Å². The van der Waals surface area contributed by atoms with Gasteiger partial charge in [-0.25, -0.2) is 13.4 Å². The molecule has 1 unspecified atom stereocenters. The summed E-state index contributed by atoms with van der Waals surface area (Å²) in [6.45, 7) is 9.16. The fraction of sp³-hybridized carbons (Fsp3) is 0.786. The summed E-state index contributed by atoms with van der Waals surface area (Å²) in [5.74, 6) is 0. The molecule has 2 aliphatic heterocycles. The van der Waals surface area contributed by atoms with Crippen LogP contribution in [0.1, 0.15) is 26.3 Å². The highest BCUT2D eigenvalue weighted by atomic mass is 32.2. The maximum Gasteiger partial charge on any atom is 0.262 e. The number of sulfonamides is 1. The number of nitrogens with one attached hydrogen (secondary N) is 1. The lowest BCUT2D eigenvalue weighted by Crippen LogP contribution is -2.49. The molecule has 1 atom stereocenters. The Labute approximate surface area is 132 Å². The van der Waals surface area contributed by atoms with E-state index >= 15 is 0 Å². The van der Waals surface area contributed by atoms with E-state index in [0.717, 1.165) is 32.6 Å². The molecule has 2 fully saturated rings. The molecule has 3 rings (SSSR count). The van der Waals surface area contributed by atoms with Gasteiger partial charge in [-0.2, -0.15) is 4.31 Å². The van der Waals surface area contributed by atoms with Crippen LogP contribution in [0.25, 0.3) is 0 Å². The van der Waals surface area contributed by atoms with Crippen LogP contribution in [0, 0.1) is 0 Å². The van der Waals surface area contributed by atoms with Crippen molar-refractivity contribution >= 4 is 10.0 Å². The van der Waals surface area contributed by atoms with Crippen LogP contribution in [0.2, 0.25) is 0 Å². The van der Waals surface area contributed by atoms with Crippen molar-refractivity contribution in [3.05, 3.63) is 12.5 Å². The molecule has 1 aromatic heterocycles. The lowest BCUT2D eigenvalue weighted by Gasteiger charge is -2.32. The van der Waals surface area contributed by atoms with E-state index in [9.17, 15) is 8.42 Å². The Bertz CT molecular complexity index is 607. The van der Waals surface area contributed by atoms with Crippen LogP contribution in [0.15, 0.2) is 17.6 Å². The molecule has 0 radical (unpaired) electrons. The molecular formula is C14H25N5O2S. The predicted molar refractivity (Wildman–Crippen MR) is 84.2 cm³/mol. The van der Waals surface area contributed by atoms with Crippen molar-refractivity contribution in [2.45, 2.75) is 37.4 Å². The van der Waals surface area contributed by atoms with Gasteiger partial charge in [-0.1, -0.05) is 0 Å². The van der Waals surface area contributed by atoms with Gasteiger partial charge in [0.25, 0.3) is 10.0 Å². The molecule has 2 aliphatic rings. The van der Waals surface area contributed by atoms with E-state index in [2.05, 4.69) is 15.2 Å². The summed E-state index contributed by atoms with van der Waals surface area (Å²) in [6.07, 6.45) is 4.14. The molecule has 0 saturated carbocycles. The molecule has 7 nitrogen and oxygen atoms in total. The molecule has 0 bridgehead atoms. The first-order valence-corrected chi connectivity index (χ1v) is 9.41. The topological polar surface area (TPSA) is 70.5 Å². The molecule has 2 saturated heterocycles. The van der Waals surface area contributed by atoms with Gasteiger partial charge in [0.1, 0.15) is 0 Å². The second-order valence-electron chi connectivity index (χ2n) is 6.34. The quantitative estimate of drug-likeness (QED) is 0.851. The molecule has 1 aromatic rings. The zero-order valence-electron chi connectivity index (χ0n) is 13.3. The van der Waals surface area contributed by atoms with Crippen molar-refractivity contribution in [1.82, 2.24) is 24.1 Å². The summed E-state index contributed by atoms with van der Waals surface area (Å²) in [6, 6.07) is 0.549. The summed E-state index contributed by atoms with van der Waals surface area (Å²) in [7, 11) is -3.46. The van der Waals surface area contributed by atoms with Crippen LogP contribution < -0.4 is 5.32 Å². The molecule has 0 amide bonds. The number of hydrogen-bond donors (Lipinski definition) is 1. The number of aromatic nitrogens is 2. The van der Waals surface area contributed by atoms with E-state index in [-0.39, 0.29) is 11.1 Å². The van der Waals surface area contributed by atoms with Gasteiger partial charge >= 0.3 is 0 Å². The first kappa shape index (κ1) is 15.9. The van der Waals surface area contributed by atoms with Crippen molar-refractivity contribution < 1.29 is 8.42 Å². The van der Waals surface area contributed by atoms with Gasteiger partial charge in [0.2, 0.25) is 0 Å². The number of imidazole rings is 1. The van der Waals surface area contributed by atoms with Crippen LogP contribution >= 0.6 is 0 Å². The Balaban J connectivity index is 1.70. The van der Waals surface area contributed by atoms with Gasteiger partial charge in [-0.15, -0.1) is 0 Å². The van der Waals surface area contributed by atoms with Crippen molar-refractivity contribution in [1.29, 1.82) is 0 Å². The molecule has 0 aromatic carbocycles. The smallest absolute Gasteiger partial charge is 0.262 e. The SMILES string of the molecule is CC(C)n1cnc(S(=O)(=O)N2CCC(N3CCNCC3)C2)c1. The standard InChI is InChI=1S/C14H25N5O2S/c1-12(2)18-10-14(16-11-18)22(20,21)19-6-3-13(9-19)17-7-4-15-5-8-17/h10-13,15H,3-9H2,1-2H3. The molecule has 8 heteroatoms. The molecule has 124 valence electrons. The molecule has 1 N–H and O–H groups in total. The maximum absolute atomic E-state index is 12.7. The summed E-state index contributed by atoms with van der Waals surface area (Å²) in [5, 5.41) is 3.50. The molecule has 0 spiro atoms. The fourth-order valence-corrected chi connectivity index (χ4v) is 4.55. The van der Waals surface area contributed by atoms with E-state index in [0.29, 0.717) is 19.1 Å². The Morgan fingerprint density at radius 2 is 2.00 bits per heavy atom. The normalized spacial score (nSPS) is 25.1. The minimum atomic E-state index is -3.46.